The number of hydrogen-bond donors (Lipinski definition) is 5. The van der Waals surface area contributed by atoms with Gasteiger partial charge in [-0.15, -0.1) is 0 Å². The molecule has 0 bridgehead atoms. The Morgan fingerprint density at radius 3 is 2.62 bits per heavy atom. The summed E-state index contributed by atoms with van der Waals surface area (Å²) >= 11 is 0. The zero-order valence-corrected chi connectivity index (χ0v) is 17.5. The summed E-state index contributed by atoms with van der Waals surface area (Å²) in [5, 5.41) is 28.3. The van der Waals surface area contributed by atoms with Crippen LogP contribution >= 0.6 is 0 Å². The van der Waals surface area contributed by atoms with Crippen LogP contribution in [-0.4, -0.2) is 43.6 Å². The Hall–Kier alpha value is -4.05. The number of carboxylic acids is 1. The van der Waals surface area contributed by atoms with Gasteiger partial charge < -0.3 is 26.2 Å². The van der Waals surface area contributed by atoms with Crippen LogP contribution in [0, 0.1) is 0 Å². The summed E-state index contributed by atoms with van der Waals surface area (Å²) in [6, 6.07) is 10.2. The van der Waals surface area contributed by atoms with Gasteiger partial charge in [0.05, 0.1) is 35.1 Å². The molecule has 1 aliphatic rings. The van der Waals surface area contributed by atoms with Crippen LogP contribution in [0.15, 0.2) is 48.8 Å². The van der Waals surface area contributed by atoms with E-state index in [9.17, 15) is 19.8 Å². The first-order chi connectivity index (χ1) is 15.3. The van der Waals surface area contributed by atoms with Crippen LogP contribution in [0.3, 0.4) is 0 Å². The van der Waals surface area contributed by atoms with Gasteiger partial charge in [0, 0.05) is 18.5 Å². The molecule has 0 saturated carbocycles. The molecule has 4 rings (SSSR count). The van der Waals surface area contributed by atoms with Gasteiger partial charge in [0.2, 0.25) is 5.95 Å². The normalized spacial score (nSPS) is 14.9. The van der Waals surface area contributed by atoms with Crippen molar-refractivity contribution in [1.82, 2.24) is 20.3 Å². The third kappa shape index (κ3) is 4.08. The number of carbonyl (C=O) groups is 2. The average Bonchev–Trinajstić information content (AvgIpc) is 3.00. The lowest BCUT2D eigenvalue weighted by Crippen LogP contribution is -2.33. The highest BCUT2D eigenvalue weighted by Gasteiger charge is 2.37. The lowest BCUT2D eigenvalue weighted by molar-refractivity contribution is 0.0697. The summed E-state index contributed by atoms with van der Waals surface area (Å²) < 4.78 is 0. The summed E-state index contributed by atoms with van der Waals surface area (Å²) in [5.74, 6) is -0.867. The van der Waals surface area contributed by atoms with E-state index in [2.05, 4.69) is 30.9 Å². The third-order valence-electron chi connectivity index (χ3n) is 5.14. The second-order valence-corrected chi connectivity index (χ2v) is 7.87. The molecule has 164 valence electrons. The number of carboxylic acid groups (broad SMARTS) is 1. The van der Waals surface area contributed by atoms with Crippen molar-refractivity contribution in [2.45, 2.75) is 25.4 Å². The summed E-state index contributed by atoms with van der Waals surface area (Å²) in [4.78, 5) is 36.5. The molecular weight excluding hydrogens is 412 g/mol. The van der Waals surface area contributed by atoms with Crippen LogP contribution in [0.2, 0.25) is 0 Å². The van der Waals surface area contributed by atoms with E-state index < -0.39 is 17.6 Å². The van der Waals surface area contributed by atoms with Gasteiger partial charge in [0.25, 0.3) is 5.91 Å². The van der Waals surface area contributed by atoms with E-state index in [1.54, 1.807) is 0 Å². The molecule has 0 fully saturated rings. The molecule has 10 heteroatoms. The number of aromatic nitrogens is 3. The number of rotatable bonds is 7. The van der Waals surface area contributed by atoms with Crippen molar-refractivity contribution >= 4 is 29.3 Å². The molecule has 5 N–H and O–H groups in total. The molecule has 0 saturated heterocycles. The maximum absolute atomic E-state index is 12.0. The highest BCUT2D eigenvalue weighted by Crippen LogP contribution is 2.30. The lowest BCUT2D eigenvalue weighted by Gasteiger charge is -2.20. The van der Waals surface area contributed by atoms with E-state index in [0.29, 0.717) is 17.1 Å². The smallest absolute Gasteiger partial charge is 0.339 e. The van der Waals surface area contributed by atoms with E-state index in [0.717, 1.165) is 5.56 Å². The Kier molecular flexibility index (Phi) is 5.45. The van der Waals surface area contributed by atoms with Gasteiger partial charge in [-0.1, -0.05) is 30.3 Å². The summed E-state index contributed by atoms with van der Waals surface area (Å²) in [5.41, 5.74) is 1.37. The van der Waals surface area contributed by atoms with Crippen molar-refractivity contribution in [3.05, 3.63) is 71.2 Å². The molecule has 1 aromatic carbocycles. The standard InChI is InChI=1S/C22H22N6O4/c1-22(2)18-14(19(30)28-22)10-24-21(27-18)26-17-8-15(13(9-23-17)20(31)32)25-16(11-29)12-6-4-3-5-7-12/h3-10,16,29H,11H2,1-2H3,(H,28,30)(H,31,32)(H2,23,24,25,26,27)/t16-/m1/s1. The molecule has 10 nitrogen and oxygen atoms in total. The molecule has 0 unspecified atom stereocenters. The van der Waals surface area contributed by atoms with Crippen molar-refractivity contribution in [3.8, 4) is 0 Å². The lowest BCUT2D eigenvalue weighted by atomic mass is 10.0. The molecule has 3 aromatic rings. The van der Waals surface area contributed by atoms with Gasteiger partial charge >= 0.3 is 5.97 Å². The SMILES string of the molecule is CC1(C)NC(=O)c2cnc(Nc3cc(N[C@H](CO)c4ccccc4)c(C(=O)O)cn3)nc21. The minimum atomic E-state index is -1.16. The Morgan fingerprint density at radius 2 is 1.94 bits per heavy atom. The molecule has 0 aliphatic carbocycles. The fourth-order valence-electron chi connectivity index (χ4n) is 3.53. The quantitative estimate of drug-likeness (QED) is 0.378. The van der Waals surface area contributed by atoms with Gasteiger partial charge in [-0.2, -0.15) is 0 Å². The minimum absolute atomic E-state index is 0.0456. The maximum atomic E-state index is 12.0. The number of aromatic carboxylic acids is 1. The van der Waals surface area contributed by atoms with Crippen LogP contribution in [0.5, 0.6) is 0 Å². The van der Waals surface area contributed by atoms with Crippen LogP contribution in [0.1, 0.15) is 51.9 Å². The number of pyridine rings is 1. The molecule has 1 aliphatic heterocycles. The van der Waals surface area contributed by atoms with E-state index in [-0.39, 0.29) is 29.7 Å². The van der Waals surface area contributed by atoms with Gasteiger partial charge in [-0.25, -0.2) is 19.7 Å². The van der Waals surface area contributed by atoms with E-state index >= 15 is 0 Å². The predicted octanol–water partition coefficient (Wildman–Crippen LogP) is 2.44. The fraction of sp³-hybridized carbons (Fsp3) is 0.227. The van der Waals surface area contributed by atoms with Crippen molar-refractivity contribution in [1.29, 1.82) is 0 Å². The van der Waals surface area contributed by atoms with Crippen molar-refractivity contribution in [2.24, 2.45) is 0 Å². The Morgan fingerprint density at radius 1 is 1.19 bits per heavy atom. The Labute approximate surface area is 183 Å². The molecule has 2 aromatic heterocycles. The number of carbonyl (C=O) groups excluding carboxylic acids is 1. The third-order valence-corrected chi connectivity index (χ3v) is 5.14. The van der Waals surface area contributed by atoms with Gasteiger partial charge in [0.1, 0.15) is 11.4 Å². The molecule has 0 spiro atoms. The second kappa shape index (κ2) is 8.23. The highest BCUT2D eigenvalue weighted by molar-refractivity contribution is 5.99. The Bertz CT molecular complexity index is 1180. The van der Waals surface area contributed by atoms with E-state index in [1.807, 2.05) is 44.2 Å². The summed E-state index contributed by atoms with van der Waals surface area (Å²) in [6.07, 6.45) is 2.66. The van der Waals surface area contributed by atoms with Gasteiger partial charge in [-0.3, -0.25) is 4.79 Å². The number of nitrogens with zero attached hydrogens (tertiary/aromatic N) is 3. The number of anilines is 3. The number of amides is 1. The van der Waals surface area contributed by atoms with Crippen LogP contribution < -0.4 is 16.0 Å². The van der Waals surface area contributed by atoms with Crippen molar-refractivity contribution in [2.75, 3.05) is 17.2 Å². The zero-order valence-electron chi connectivity index (χ0n) is 17.5. The fourth-order valence-corrected chi connectivity index (χ4v) is 3.53. The van der Waals surface area contributed by atoms with Crippen LogP contribution in [0.25, 0.3) is 0 Å². The Balaban J connectivity index is 1.64. The van der Waals surface area contributed by atoms with Crippen molar-refractivity contribution in [3.63, 3.8) is 0 Å². The molecular formula is C22H22N6O4. The van der Waals surface area contributed by atoms with Crippen LogP contribution in [0.4, 0.5) is 17.5 Å². The number of benzene rings is 1. The monoisotopic (exact) mass is 434 g/mol. The summed E-state index contributed by atoms with van der Waals surface area (Å²) in [7, 11) is 0. The molecule has 1 atom stereocenters. The first-order valence-electron chi connectivity index (χ1n) is 9.91. The van der Waals surface area contributed by atoms with Crippen molar-refractivity contribution < 1.29 is 19.8 Å². The second-order valence-electron chi connectivity index (χ2n) is 7.87. The number of hydrogen-bond acceptors (Lipinski definition) is 8. The van der Waals surface area contributed by atoms with E-state index in [4.69, 9.17) is 0 Å². The largest absolute Gasteiger partial charge is 0.478 e. The summed E-state index contributed by atoms with van der Waals surface area (Å²) in [6.45, 7) is 3.44. The molecule has 0 radical (unpaired) electrons. The molecule has 32 heavy (non-hydrogen) atoms. The number of aliphatic hydroxyl groups excluding tert-OH is 1. The van der Waals surface area contributed by atoms with Gasteiger partial charge in [0.15, 0.2) is 0 Å². The first kappa shape index (κ1) is 21.2. The van der Waals surface area contributed by atoms with Crippen LogP contribution in [-0.2, 0) is 5.54 Å². The zero-order chi connectivity index (χ0) is 22.9. The number of aliphatic hydroxyl groups is 1. The maximum Gasteiger partial charge on any atom is 0.339 e. The first-order valence-corrected chi connectivity index (χ1v) is 9.91. The highest BCUT2D eigenvalue weighted by atomic mass is 16.4. The number of nitrogens with one attached hydrogen (secondary N) is 3. The minimum Gasteiger partial charge on any atom is -0.478 e. The van der Waals surface area contributed by atoms with E-state index in [1.165, 1.54) is 18.5 Å². The number of fused-ring (bicyclic) bond motifs is 1. The molecule has 1 amide bonds. The predicted molar refractivity (Wildman–Crippen MR) is 117 cm³/mol. The average molecular weight is 434 g/mol. The molecule has 3 heterocycles. The topological polar surface area (TPSA) is 149 Å². The van der Waals surface area contributed by atoms with Gasteiger partial charge in [-0.05, 0) is 19.4 Å².